The third-order valence-corrected chi connectivity index (χ3v) is 3.84. The van der Waals surface area contributed by atoms with E-state index in [0.717, 1.165) is 0 Å². The predicted molar refractivity (Wildman–Crippen MR) is 78.0 cm³/mol. The molecule has 0 saturated carbocycles. The molecule has 0 amide bonds. The van der Waals surface area contributed by atoms with Gasteiger partial charge in [-0.1, -0.05) is 23.7 Å². The first kappa shape index (κ1) is 15.9. The molecule has 1 N–H and O–H groups in total. The minimum Gasteiger partial charge on any atom is -0.313 e. The Balaban J connectivity index is 2.44. The average molecular weight is 314 g/mol. The molecule has 0 aromatic heterocycles. The van der Waals surface area contributed by atoms with Crippen LogP contribution in [0.2, 0.25) is 5.02 Å². The van der Waals surface area contributed by atoms with Crippen molar-refractivity contribution in [3.05, 3.63) is 69.5 Å². The Hall–Kier alpha value is -1.52. The smallest absolute Gasteiger partial charge is 0.133 e. The van der Waals surface area contributed by atoms with Crippen LogP contribution >= 0.6 is 11.6 Å². The molecule has 1 nitrogen and oxygen atoms in total. The molecular formula is C16H15ClF3N. The summed E-state index contributed by atoms with van der Waals surface area (Å²) in [5, 5.41) is 3.06. The van der Waals surface area contributed by atoms with Gasteiger partial charge in [-0.15, -0.1) is 0 Å². The second-order valence-corrected chi connectivity index (χ2v) is 5.24. The second kappa shape index (κ2) is 6.50. The molecule has 0 aliphatic carbocycles. The summed E-state index contributed by atoms with van der Waals surface area (Å²) in [5.41, 5.74) is 0.474. The van der Waals surface area contributed by atoms with Gasteiger partial charge in [-0.3, -0.25) is 0 Å². The molecule has 0 spiro atoms. The molecule has 0 radical (unpaired) electrons. The van der Waals surface area contributed by atoms with Crippen molar-refractivity contribution in [2.75, 3.05) is 7.05 Å². The number of hydrogen-bond acceptors (Lipinski definition) is 1. The Labute approximate surface area is 126 Å². The number of rotatable bonds is 4. The van der Waals surface area contributed by atoms with E-state index in [0.29, 0.717) is 5.56 Å². The van der Waals surface area contributed by atoms with Gasteiger partial charge in [0.05, 0.1) is 0 Å². The molecule has 21 heavy (non-hydrogen) atoms. The highest BCUT2D eigenvalue weighted by Gasteiger charge is 2.22. The Bertz CT molecular complexity index is 638. The van der Waals surface area contributed by atoms with E-state index >= 15 is 0 Å². The second-order valence-electron chi connectivity index (χ2n) is 4.84. The van der Waals surface area contributed by atoms with Crippen LogP contribution in [0.4, 0.5) is 13.2 Å². The van der Waals surface area contributed by atoms with Gasteiger partial charge < -0.3 is 5.32 Å². The van der Waals surface area contributed by atoms with E-state index in [-0.39, 0.29) is 22.6 Å². The van der Waals surface area contributed by atoms with E-state index in [4.69, 9.17) is 11.6 Å². The number of halogens is 4. The summed E-state index contributed by atoms with van der Waals surface area (Å²) in [6, 6.07) is 6.19. The van der Waals surface area contributed by atoms with Gasteiger partial charge in [0.2, 0.25) is 0 Å². The molecule has 0 aliphatic rings. The summed E-state index contributed by atoms with van der Waals surface area (Å²) in [4.78, 5) is 0. The van der Waals surface area contributed by atoms with Crippen molar-refractivity contribution in [3.63, 3.8) is 0 Å². The lowest BCUT2D eigenvalue weighted by Gasteiger charge is -2.20. The lowest BCUT2D eigenvalue weighted by Crippen LogP contribution is -2.22. The van der Waals surface area contributed by atoms with Gasteiger partial charge in [0.15, 0.2) is 0 Å². The van der Waals surface area contributed by atoms with Crippen molar-refractivity contribution in [1.82, 2.24) is 5.32 Å². The van der Waals surface area contributed by atoms with Gasteiger partial charge in [0, 0.05) is 22.2 Å². The van der Waals surface area contributed by atoms with E-state index in [1.807, 2.05) is 0 Å². The Morgan fingerprint density at radius 3 is 2.43 bits per heavy atom. The first-order valence-corrected chi connectivity index (χ1v) is 6.88. The van der Waals surface area contributed by atoms with Crippen LogP contribution in [0.25, 0.3) is 0 Å². The SMILES string of the molecule is CNC(Cc1c(F)cccc1Cl)c1c(F)ccc(C)c1F. The van der Waals surface area contributed by atoms with Crippen molar-refractivity contribution in [1.29, 1.82) is 0 Å². The quantitative estimate of drug-likeness (QED) is 0.872. The van der Waals surface area contributed by atoms with Crippen LogP contribution in [-0.4, -0.2) is 7.05 Å². The molecule has 0 fully saturated rings. The average Bonchev–Trinajstić information content (AvgIpc) is 2.45. The standard InChI is InChI=1S/C16H15ClF3N/c1-9-6-7-13(19)15(16(9)20)14(21-2)8-10-11(17)4-3-5-12(10)18/h3-7,14,21H,8H2,1-2H3. The van der Waals surface area contributed by atoms with Gasteiger partial charge in [-0.2, -0.15) is 0 Å². The molecule has 0 bridgehead atoms. The zero-order valence-corrected chi connectivity index (χ0v) is 12.4. The molecule has 0 saturated heterocycles. The Kier molecular flexibility index (Phi) is 4.91. The molecule has 2 aromatic rings. The molecule has 0 heterocycles. The van der Waals surface area contributed by atoms with Crippen LogP contribution in [0, 0.1) is 24.4 Å². The van der Waals surface area contributed by atoms with Crippen molar-refractivity contribution >= 4 is 11.6 Å². The fourth-order valence-electron chi connectivity index (χ4n) is 2.28. The van der Waals surface area contributed by atoms with Crippen molar-refractivity contribution in [2.45, 2.75) is 19.4 Å². The molecule has 1 unspecified atom stereocenters. The fraction of sp³-hybridized carbons (Fsp3) is 0.250. The first-order valence-electron chi connectivity index (χ1n) is 6.50. The van der Waals surface area contributed by atoms with Crippen LogP contribution in [-0.2, 0) is 6.42 Å². The molecule has 5 heteroatoms. The van der Waals surface area contributed by atoms with Crippen LogP contribution in [0.5, 0.6) is 0 Å². The highest BCUT2D eigenvalue weighted by atomic mass is 35.5. The summed E-state index contributed by atoms with van der Waals surface area (Å²) >= 11 is 5.97. The highest BCUT2D eigenvalue weighted by molar-refractivity contribution is 6.31. The molecule has 112 valence electrons. The maximum Gasteiger partial charge on any atom is 0.133 e. The van der Waals surface area contributed by atoms with Gasteiger partial charge >= 0.3 is 0 Å². The largest absolute Gasteiger partial charge is 0.313 e. The number of likely N-dealkylation sites (N-methyl/N-ethyl adjacent to an activating group) is 1. The summed E-state index contributed by atoms with van der Waals surface area (Å²) in [6.07, 6.45) is 0.0549. The van der Waals surface area contributed by atoms with Gasteiger partial charge in [0.25, 0.3) is 0 Å². The summed E-state index contributed by atoms with van der Waals surface area (Å²) in [7, 11) is 1.57. The van der Waals surface area contributed by atoms with E-state index in [9.17, 15) is 13.2 Å². The predicted octanol–water partition coefficient (Wildman–Crippen LogP) is 4.57. The van der Waals surface area contributed by atoms with Gasteiger partial charge in [0.1, 0.15) is 17.5 Å². The molecule has 2 aromatic carbocycles. The van der Waals surface area contributed by atoms with Crippen molar-refractivity contribution < 1.29 is 13.2 Å². The van der Waals surface area contributed by atoms with Crippen LogP contribution in [0.3, 0.4) is 0 Å². The molecule has 0 aliphatic heterocycles. The topological polar surface area (TPSA) is 12.0 Å². The van der Waals surface area contributed by atoms with E-state index < -0.39 is 23.5 Å². The van der Waals surface area contributed by atoms with E-state index in [2.05, 4.69) is 5.32 Å². The minimum atomic E-state index is -0.709. The Morgan fingerprint density at radius 2 is 1.81 bits per heavy atom. The van der Waals surface area contributed by atoms with Crippen molar-refractivity contribution in [2.24, 2.45) is 0 Å². The number of aryl methyl sites for hydroxylation is 1. The lowest BCUT2D eigenvalue weighted by molar-refractivity contribution is 0.479. The number of nitrogens with one attached hydrogen (secondary N) is 1. The monoisotopic (exact) mass is 313 g/mol. The van der Waals surface area contributed by atoms with Crippen LogP contribution in [0.1, 0.15) is 22.7 Å². The third-order valence-electron chi connectivity index (χ3n) is 3.49. The zero-order chi connectivity index (χ0) is 15.6. The minimum absolute atomic E-state index is 0.0549. The number of benzene rings is 2. The fourth-order valence-corrected chi connectivity index (χ4v) is 2.52. The first-order chi connectivity index (χ1) is 9.95. The third kappa shape index (κ3) is 3.22. The van der Waals surface area contributed by atoms with Crippen molar-refractivity contribution in [3.8, 4) is 0 Å². The van der Waals surface area contributed by atoms with E-state index in [1.54, 1.807) is 20.0 Å². The maximum absolute atomic E-state index is 14.2. The Morgan fingerprint density at radius 1 is 1.10 bits per heavy atom. The summed E-state index contributed by atoms with van der Waals surface area (Å²) < 4.78 is 42.0. The number of hydrogen-bond donors (Lipinski definition) is 1. The molecule has 1 atom stereocenters. The summed E-state index contributed by atoms with van der Waals surface area (Å²) in [5.74, 6) is -1.78. The van der Waals surface area contributed by atoms with Crippen LogP contribution in [0.15, 0.2) is 30.3 Å². The summed E-state index contributed by atoms with van der Waals surface area (Å²) in [6.45, 7) is 1.56. The highest BCUT2D eigenvalue weighted by Crippen LogP contribution is 2.29. The molecular weight excluding hydrogens is 299 g/mol. The van der Waals surface area contributed by atoms with Gasteiger partial charge in [-0.25, -0.2) is 13.2 Å². The normalized spacial score (nSPS) is 12.5. The zero-order valence-electron chi connectivity index (χ0n) is 11.7. The molecule has 2 rings (SSSR count). The van der Waals surface area contributed by atoms with E-state index in [1.165, 1.54) is 24.3 Å². The maximum atomic E-state index is 14.2. The van der Waals surface area contributed by atoms with Crippen LogP contribution < -0.4 is 5.32 Å². The lowest BCUT2D eigenvalue weighted by atomic mass is 9.96. The van der Waals surface area contributed by atoms with Gasteiger partial charge in [-0.05, 0) is 44.2 Å².